The third-order valence-electron chi connectivity index (χ3n) is 6.46. The van der Waals surface area contributed by atoms with Crippen molar-refractivity contribution in [1.29, 1.82) is 0 Å². The van der Waals surface area contributed by atoms with Crippen LogP contribution in [-0.4, -0.2) is 54.0 Å². The number of methoxy groups -OCH3 is 1. The second-order valence-corrected chi connectivity index (χ2v) is 8.71. The number of hydrogen-bond donors (Lipinski definition) is 0. The fourth-order valence-electron chi connectivity index (χ4n) is 4.61. The largest absolute Gasteiger partial charge is 0.497 e. The predicted octanol–water partition coefficient (Wildman–Crippen LogP) is 5.26. The van der Waals surface area contributed by atoms with Crippen LogP contribution in [0.4, 0.5) is 0 Å². The predicted molar refractivity (Wildman–Crippen MR) is 136 cm³/mol. The summed E-state index contributed by atoms with van der Waals surface area (Å²) in [6.45, 7) is 4.27. The lowest BCUT2D eigenvalue weighted by atomic mass is 10.0. The van der Waals surface area contributed by atoms with Gasteiger partial charge in [0, 0.05) is 43.7 Å². The molecule has 1 fully saturated rings. The Kier molecular flexibility index (Phi) is 6.54. The first-order valence-electron chi connectivity index (χ1n) is 11.8. The molecular formula is C29H29N3O2. The van der Waals surface area contributed by atoms with Crippen LogP contribution in [0.1, 0.15) is 22.3 Å². The molecule has 5 rings (SSSR count). The molecule has 0 aliphatic carbocycles. The zero-order chi connectivity index (χ0) is 23.3. The number of ether oxygens (including phenoxy) is 1. The van der Waals surface area contributed by atoms with E-state index < -0.39 is 0 Å². The van der Waals surface area contributed by atoms with E-state index in [1.54, 1.807) is 7.11 Å². The highest BCUT2D eigenvalue weighted by Gasteiger charge is 2.23. The van der Waals surface area contributed by atoms with E-state index in [4.69, 9.17) is 9.72 Å². The smallest absolute Gasteiger partial charge is 0.254 e. The molecule has 34 heavy (non-hydrogen) atoms. The van der Waals surface area contributed by atoms with Gasteiger partial charge in [0.1, 0.15) is 5.75 Å². The second kappa shape index (κ2) is 10.1. The molecule has 0 atom stereocenters. The van der Waals surface area contributed by atoms with Crippen LogP contribution in [0.15, 0.2) is 84.9 Å². The van der Waals surface area contributed by atoms with Gasteiger partial charge in [0.2, 0.25) is 0 Å². The van der Waals surface area contributed by atoms with Crippen molar-refractivity contribution in [3.8, 4) is 17.0 Å². The number of pyridine rings is 1. The van der Waals surface area contributed by atoms with Crippen LogP contribution in [0, 0.1) is 0 Å². The van der Waals surface area contributed by atoms with Crippen LogP contribution < -0.4 is 4.74 Å². The van der Waals surface area contributed by atoms with Crippen LogP contribution >= 0.6 is 0 Å². The van der Waals surface area contributed by atoms with E-state index in [1.807, 2.05) is 65.6 Å². The number of nitrogens with zero attached hydrogens (tertiary/aromatic N) is 3. The van der Waals surface area contributed by atoms with Crippen LogP contribution in [-0.2, 0) is 6.54 Å². The number of amides is 1. The molecule has 5 nitrogen and oxygen atoms in total. The molecule has 1 amide bonds. The maximum atomic E-state index is 13.8. The molecule has 3 aromatic carbocycles. The van der Waals surface area contributed by atoms with Crippen LogP contribution in [0.2, 0.25) is 0 Å². The van der Waals surface area contributed by atoms with Gasteiger partial charge in [0.15, 0.2) is 0 Å². The molecule has 5 heteroatoms. The van der Waals surface area contributed by atoms with Crippen molar-refractivity contribution in [2.45, 2.75) is 13.0 Å². The van der Waals surface area contributed by atoms with Gasteiger partial charge in [-0.05, 0) is 48.4 Å². The van der Waals surface area contributed by atoms with Crippen molar-refractivity contribution in [2.24, 2.45) is 0 Å². The Morgan fingerprint density at radius 1 is 0.882 bits per heavy atom. The van der Waals surface area contributed by atoms with Crippen molar-refractivity contribution in [2.75, 3.05) is 33.3 Å². The van der Waals surface area contributed by atoms with Gasteiger partial charge in [-0.2, -0.15) is 0 Å². The summed E-state index contributed by atoms with van der Waals surface area (Å²) in [5, 5.41) is 0.898. The summed E-state index contributed by atoms with van der Waals surface area (Å²) in [4.78, 5) is 23.1. The number of hydrogen-bond acceptors (Lipinski definition) is 4. The van der Waals surface area contributed by atoms with Crippen LogP contribution in [0.25, 0.3) is 22.2 Å². The maximum absolute atomic E-state index is 13.8. The summed E-state index contributed by atoms with van der Waals surface area (Å²) in [6, 6.07) is 28.2. The highest BCUT2D eigenvalue weighted by Crippen LogP contribution is 2.27. The third kappa shape index (κ3) is 4.80. The lowest BCUT2D eigenvalue weighted by Crippen LogP contribution is -2.35. The van der Waals surface area contributed by atoms with Gasteiger partial charge in [-0.1, -0.05) is 48.5 Å². The summed E-state index contributed by atoms with van der Waals surface area (Å²) in [5.74, 6) is 0.875. The molecule has 1 saturated heterocycles. The molecule has 1 aliphatic heterocycles. The average Bonchev–Trinajstić information content (AvgIpc) is 3.14. The molecule has 0 spiro atoms. The number of rotatable bonds is 5. The molecule has 0 saturated carbocycles. The normalized spacial score (nSPS) is 14.7. The molecule has 2 heterocycles. The fraction of sp³-hybridized carbons (Fsp3) is 0.241. The Morgan fingerprint density at radius 2 is 1.65 bits per heavy atom. The third-order valence-corrected chi connectivity index (χ3v) is 6.46. The van der Waals surface area contributed by atoms with Crippen molar-refractivity contribution >= 4 is 16.8 Å². The molecule has 1 aromatic heterocycles. The monoisotopic (exact) mass is 451 g/mol. The first kappa shape index (κ1) is 22.1. The second-order valence-electron chi connectivity index (χ2n) is 8.71. The number of carbonyl (C=O) groups is 1. The number of fused-ring (bicyclic) bond motifs is 1. The molecule has 0 unspecified atom stereocenters. The SMILES string of the molecule is COc1ccc(-c2cc(C(=O)N3CCCN(Cc4ccccc4)CC3)c3ccccc3n2)cc1. The summed E-state index contributed by atoms with van der Waals surface area (Å²) < 4.78 is 5.29. The minimum absolute atomic E-state index is 0.0786. The Balaban J connectivity index is 1.40. The van der Waals surface area contributed by atoms with E-state index in [1.165, 1.54) is 5.56 Å². The average molecular weight is 452 g/mol. The molecule has 0 N–H and O–H groups in total. The van der Waals surface area contributed by atoms with E-state index >= 15 is 0 Å². The highest BCUT2D eigenvalue weighted by molar-refractivity contribution is 6.07. The fourth-order valence-corrected chi connectivity index (χ4v) is 4.61. The summed E-state index contributed by atoms with van der Waals surface area (Å²) >= 11 is 0. The van der Waals surface area contributed by atoms with Crippen LogP contribution in [0.5, 0.6) is 5.75 Å². The standard InChI is InChI=1S/C29H29N3O2/c1-34-24-14-12-23(13-15-24)28-20-26(25-10-5-6-11-27(25)30-28)29(33)32-17-7-16-31(18-19-32)21-22-8-3-2-4-9-22/h2-6,8-15,20H,7,16-19,21H2,1H3. The zero-order valence-electron chi connectivity index (χ0n) is 19.5. The molecule has 1 aliphatic rings. The zero-order valence-corrected chi connectivity index (χ0v) is 19.5. The van der Waals surface area contributed by atoms with E-state index in [-0.39, 0.29) is 5.91 Å². The number of para-hydroxylation sites is 1. The van der Waals surface area contributed by atoms with Crippen molar-refractivity contribution in [1.82, 2.24) is 14.8 Å². The summed E-state index contributed by atoms with van der Waals surface area (Å²) in [6.07, 6.45) is 0.965. The van der Waals surface area contributed by atoms with E-state index in [0.29, 0.717) is 5.56 Å². The number of carbonyl (C=O) groups excluding carboxylic acids is 1. The minimum atomic E-state index is 0.0786. The molecular weight excluding hydrogens is 422 g/mol. The summed E-state index contributed by atoms with van der Waals surface area (Å²) in [7, 11) is 1.65. The van der Waals surface area contributed by atoms with Gasteiger partial charge >= 0.3 is 0 Å². The van der Waals surface area contributed by atoms with Gasteiger partial charge in [0.05, 0.1) is 23.9 Å². The molecule has 4 aromatic rings. The lowest BCUT2D eigenvalue weighted by molar-refractivity contribution is 0.0763. The maximum Gasteiger partial charge on any atom is 0.254 e. The molecule has 0 bridgehead atoms. The van der Waals surface area contributed by atoms with Gasteiger partial charge in [-0.15, -0.1) is 0 Å². The molecule has 172 valence electrons. The molecule has 0 radical (unpaired) electrons. The van der Waals surface area contributed by atoms with Gasteiger partial charge in [0.25, 0.3) is 5.91 Å². The van der Waals surface area contributed by atoms with Gasteiger partial charge in [-0.25, -0.2) is 4.98 Å². The number of aromatic nitrogens is 1. The Bertz CT molecular complexity index is 1270. The van der Waals surface area contributed by atoms with Gasteiger partial charge < -0.3 is 9.64 Å². The van der Waals surface area contributed by atoms with Crippen molar-refractivity contribution in [3.63, 3.8) is 0 Å². The number of benzene rings is 3. The first-order valence-corrected chi connectivity index (χ1v) is 11.8. The van der Waals surface area contributed by atoms with Crippen molar-refractivity contribution in [3.05, 3.63) is 96.1 Å². The topological polar surface area (TPSA) is 45.7 Å². The van der Waals surface area contributed by atoms with Gasteiger partial charge in [-0.3, -0.25) is 9.69 Å². The summed E-state index contributed by atoms with van der Waals surface area (Å²) in [5.41, 5.74) is 4.62. The van der Waals surface area contributed by atoms with Crippen LogP contribution in [0.3, 0.4) is 0 Å². The van der Waals surface area contributed by atoms with E-state index in [0.717, 1.165) is 67.1 Å². The first-order chi connectivity index (χ1) is 16.7. The van der Waals surface area contributed by atoms with E-state index in [9.17, 15) is 4.79 Å². The Labute approximate surface area is 200 Å². The highest BCUT2D eigenvalue weighted by atomic mass is 16.5. The quantitative estimate of drug-likeness (QED) is 0.415. The van der Waals surface area contributed by atoms with E-state index in [2.05, 4.69) is 29.2 Å². The Morgan fingerprint density at radius 3 is 2.44 bits per heavy atom. The lowest BCUT2D eigenvalue weighted by Gasteiger charge is -2.23. The van der Waals surface area contributed by atoms with Crippen molar-refractivity contribution < 1.29 is 9.53 Å². The Hall–Kier alpha value is -3.70. The minimum Gasteiger partial charge on any atom is -0.497 e.